The van der Waals surface area contributed by atoms with Gasteiger partial charge in [0.05, 0.1) is 22.7 Å². The second kappa shape index (κ2) is 11.9. The molecule has 3 N–H and O–H groups in total. The van der Waals surface area contributed by atoms with E-state index in [0.717, 1.165) is 17.8 Å². The summed E-state index contributed by atoms with van der Waals surface area (Å²) in [5.74, 6) is 0.0225. The fraction of sp³-hybridized carbons (Fsp3) is 0.344. The number of nitrogens with zero attached hydrogens (tertiary/aromatic N) is 2. The lowest BCUT2D eigenvalue weighted by Crippen LogP contribution is -2.42. The van der Waals surface area contributed by atoms with E-state index in [4.69, 9.17) is 4.99 Å². The molecule has 2 heterocycles. The lowest BCUT2D eigenvalue weighted by atomic mass is 9.96. The molecule has 1 aromatic heterocycles. The lowest BCUT2D eigenvalue weighted by Gasteiger charge is -2.39. The summed E-state index contributed by atoms with van der Waals surface area (Å²) in [4.78, 5) is 10.6. The number of aromatic hydroxyl groups is 1. The second-order valence-corrected chi connectivity index (χ2v) is 12.7. The van der Waals surface area contributed by atoms with Crippen molar-refractivity contribution in [2.24, 2.45) is 4.99 Å². The monoisotopic (exact) mass is 558 g/mol. The van der Waals surface area contributed by atoms with Crippen LogP contribution in [0.15, 0.2) is 77.8 Å². The van der Waals surface area contributed by atoms with Crippen LogP contribution in [0.25, 0.3) is 10.9 Å². The van der Waals surface area contributed by atoms with Crippen LogP contribution in [0.3, 0.4) is 0 Å². The number of aliphatic imine (C=N–C) groups is 1. The van der Waals surface area contributed by atoms with Crippen molar-refractivity contribution in [3.05, 3.63) is 89.5 Å². The minimum Gasteiger partial charge on any atom is -0.494 e. The van der Waals surface area contributed by atoms with Gasteiger partial charge in [0.1, 0.15) is 0 Å². The number of H-pyrrole nitrogens is 1. The third kappa shape index (κ3) is 6.24. The van der Waals surface area contributed by atoms with Gasteiger partial charge in [-0.3, -0.25) is 9.62 Å². The maximum atomic E-state index is 12.4. The van der Waals surface area contributed by atoms with Crippen molar-refractivity contribution in [3.8, 4) is 5.88 Å². The highest BCUT2D eigenvalue weighted by molar-refractivity contribution is 7.92. The highest BCUT2D eigenvalue weighted by Crippen LogP contribution is 2.34. The Morgan fingerprint density at radius 3 is 2.40 bits per heavy atom. The number of hydrogen-bond acceptors (Lipinski definition) is 5. The molecule has 5 rings (SSSR count). The number of sulfonamides is 1. The molecule has 210 valence electrons. The zero-order valence-electron chi connectivity index (χ0n) is 23.4. The first-order valence-electron chi connectivity index (χ1n) is 14.1. The number of aromatic nitrogens is 1. The smallest absolute Gasteiger partial charge is 0.232 e. The molecule has 2 atom stereocenters. The summed E-state index contributed by atoms with van der Waals surface area (Å²) < 4.78 is 27.5. The fourth-order valence-corrected chi connectivity index (χ4v) is 6.77. The first-order valence-corrected chi connectivity index (χ1v) is 15.7. The molecule has 0 saturated carbocycles. The van der Waals surface area contributed by atoms with Crippen LogP contribution in [-0.2, 0) is 16.6 Å². The Labute approximate surface area is 237 Å². The molecule has 0 spiro atoms. The summed E-state index contributed by atoms with van der Waals surface area (Å²) >= 11 is 0. The van der Waals surface area contributed by atoms with Gasteiger partial charge in [-0.25, -0.2) is 13.4 Å². The standard InChI is InChI=1S/C32H38N4O3S/c1-4-19-40(38,39)35-27-17-18-29-28(20-27)30(32(37)34-29)31(25-11-6-5-7-12-25)33-26-15-13-24(14-16-26)21-36-22(2)9-8-10-23(36)3/h5-7,11-18,20,22-23,34-35,37H,4,8-10,19,21H2,1-3H3. The average Bonchev–Trinajstić information content (AvgIpc) is 3.25. The number of anilines is 1. The van der Waals surface area contributed by atoms with Gasteiger partial charge in [-0.2, -0.15) is 0 Å². The van der Waals surface area contributed by atoms with E-state index in [1.165, 1.54) is 24.8 Å². The summed E-state index contributed by atoms with van der Waals surface area (Å²) in [6.07, 6.45) is 4.29. The van der Waals surface area contributed by atoms with E-state index in [1.807, 2.05) is 49.4 Å². The van der Waals surface area contributed by atoms with Crippen LogP contribution in [0.2, 0.25) is 0 Å². The number of piperidine rings is 1. The van der Waals surface area contributed by atoms with Crippen LogP contribution >= 0.6 is 0 Å². The number of aromatic amines is 1. The van der Waals surface area contributed by atoms with E-state index in [9.17, 15) is 13.5 Å². The van der Waals surface area contributed by atoms with Crippen LogP contribution in [0.1, 0.15) is 63.1 Å². The normalized spacial score (nSPS) is 18.7. The van der Waals surface area contributed by atoms with E-state index in [2.05, 4.69) is 40.6 Å². The van der Waals surface area contributed by atoms with Crippen molar-refractivity contribution in [2.75, 3.05) is 10.5 Å². The molecule has 2 unspecified atom stereocenters. The molecule has 8 heteroatoms. The lowest BCUT2D eigenvalue weighted by molar-refractivity contribution is 0.0953. The van der Waals surface area contributed by atoms with Gasteiger partial charge in [0.15, 0.2) is 5.88 Å². The van der Waals surface area contributed by atoms with Crippen molar-refractivity contribution in [3.63, 3.8) is 0 Å². The van der Waals surface area contributed by atoms with Gasteiger partial charge in [-0.05, 0) is 69.0 Å². The largest absolute Gasteiger partial charge is 0.494 e. The Balaban J connectivity index is 1.53. The average molecular weight is 559 g/mol. The molecule has 0 bridgehead atoms. The third-order valence-corrected chi connectivity index (χ3v) is 9.22. The van der Waals surface area contributed by atoms with Gasteiger partial charge in [-0.15, -0.1) is 0 Å². The zero-order chi connectivity index (χ0) is 28.3. The first kappa shape index (κ1) is 27.9. The molecule has 0 amide bonds. The highest BCUT2D eigenvalue weighted by Gasteiger charge is 2.24. The number of fused-ring (bicyclic) bond motifs is 1. The Kier molecular flexibility index (Phi) is 8.28. The molecule has 1 aliphatic rings. The van der Waals surface area contributed by atoms with Gasteiger partial charge in [-0.1, -0.05) is 55.8 Å². The quantitative estimate of drug-likeness (QED) is 0.194. The number of likely N-dealkylation sites (tertiary alicyclic amines) is 1. The van der Waals surface area contributed by atoms with Crippen molar-refractivity contribution < 1.29 is 13.5 Å². The van der Waals surface area contributed by atoms with Crippen molar-refractivity contribution in [1.29, 1.82) is 0 Å². The van der Waals surface area contributed by atoms with E-state index in [1.54, 1.807) is 18.2 Å². The minimum atomic E-state index is -3.46. The molecule has 40 heavy (non-hydrogen) atoms. The fourth-order valence-electron chi connectivity index (χ4n) is 5.64. The molecule has 1 fully saturated rings. The SMILES string of the molecule is CCCS(=O)(=O)Nc1ccc2[nH]c(O)c(C(=Nc3ccc(CN4C(C)CCCC4C)cc3)c3ccccc3)c2c1. The van der Waals surface area contributed by atoms with Crippen LogP contribution in [-0.4, -0.2) is 47.0 Å². The molecule has 1 aliphatic heterocycles. The minimum absolute atomic E-state index is 0.0177. The first-order chi connectivity index (χ1) is 19.2. The summed E-state index contributed by atoms with van der Waals surface area (Å²) in [6, 6.07) is 24.4. The summed E-state index contributed by atoms with van der Waals surface area (Å²) in [6.45, 7) is 7.37. The summed E-state index contributed by atoms with van der Waals surface area (Å²) in [5.41, 5.74) is 5.13. The van der Waals surface area contributed by atoms with E-state index < -0.39 is 10.0 Å². The third-order valence-electron chi connectivity index (χ3n) is 7.73. The van der Waals surface area contributed by atoms with Gasteiger partial charge >= 0.3 is 0 Å². The van der Waals surface area contributed by atoms with Gasteiger partial charge < -0.3 is 10.1 Å². The van der Waals surface area contributed by atoms with Crippen molar-refractivity contribution in [2.45, 2.75) is 65.1 Å². The molecular formula is C32H38N4O3S. The van der Waals surface area contributed by atoms with Gasteiger partial charge in [0.25, 0.3) is 0 Å². The molecule has 3 aromatic carbocycles. The van der Waals surface area contributed by atoms with E-state index in [0.29, 0.717) is 46.4 Å². The van der Waals surface area contributed by atoms with E-state index in [-0.39, 0.29) is 11.6 Å². The number of hydrogen-bond donors (Lipinski definition) is 3. The van der Waals surface area contributed by atoms with Gasteiger partial charge in [0.2, 0.25) is 10.0 Å². The Hall–Kier alpha value is -3.62. The summed E-state index contributed by atoms with van der Waals surface area (Å²) in [5, 5.41) is 11.7. The highest BCUT2D eigenvalue weighted by atomic mass is 32.2. The molecule has 7 nitrogen and oxygen atoms in total. The molecule has 0 radical (unpaired) electrons. The molecular weight excluding hydrogens is 520 g/mol. The molecule has 1 saturated heterocycles. The van der Waals surface area contributed by atoms with E-state index >= 15 is 0 Å². The van der Waals surface area contributed by atoms with Crippen molar-refractivity contribution in [1.82, 2.24) is 9.88 Å². The number of benzene rings is 3. The predicted molar refractivity (Wildman–Crippen MR) is 164 cm³/mol. The zero-order valence-corrected chi connectivity index (χ0v) is 24.2. The Morgan fingerprint density at radius 2 is 1.73 bits per heavy atom. The summed E-state index contributed by atoms with van der Waals surface area (Å²) in [7, 11) is -3.46. The van der Waals surface area contributed by atoms with Gasteiger partial charge in [0, 0.05) is 40.8 Å². The maximum Gasteiger partial charge on any atom is 0.232 e. The van der Waals surface area contributed by atoms with Crippen LogP contribution in [0.5, 0.6) is 5.88 Å². The van der Waals surface area contributed by atoms with Crippen molar-refractivity contribution >= 4 is 38.0 Å². The Morgan fingerprint density at radius 1 is 1.02 bits per heavy atom. The predicted octanol–water partition coefficient (Wildman–Crippen LogP) is 6.96. The maximum absolute atomic E-state index is 12.4. The van der Waals surface area contributed by atoms with Crippen LogP contribution in [0, 0.1) is 0 Å². The van der Waals surface area contributed by atoms with Crippen LogP contribution in [0.4, 0.5) is 11.4 Å². The van der Waals surface area contributed by atoms with Crippen LogP contribution < -0.4 is 4.72 Å². The molecule has 4 aromatic rings. The molecule has 0 aliphatic carbocycles. The Bertz CT molecular complexity index is 1580. The topological polar surface area (TPSA) is 97.8 Å². The number of nitrogens with one attached hydrogen (secondary N) is 2. The second-order valence-electron chi connectivity index (χ2n) is 10.8. The number of rotatable bonds is 9.